The van der Waals surface area contributed by atoms with Crippen LogP contribution in [0.25, 0.3) is 0 Å². The number of carbonyl (C=O) groups is 1. The molecule has 1 aromatic carbocycles. The van der Waals surface area contributed by atoms with Crippen molar-refractivity contribution in [2.24, 2.45) is 5.92 Å². The van der Waals surface area contributed by atoms with Gasteiger partial charge in [-0.15, -0.1) is 0 Å². The zero-order valence-electron chi connectivity index (χ0n) is 12.1. The fraction of sp³-hybridized carbons (Fsp3) is 0.533. The number of anilines is 2. The van der Waals surface area contributed by atoms with Crippen LogP contribution in [-0.4, -0.2) is 19.0 Å². The van der Waals surface area contributed by atoms with Gasteiger partial charge in [-0.1, -0.05) is 6.92 Å². The van der Waals surface area contributed by atoms with Crippen molar-refractivity contribution in [3.63, 3.8) is 0 Å². The van der Waals surface area contributed by atoms with Gasteiger partial charge in [0.25, 0.3) is 0 Å². The Labute approximate surface area is 122 Å². The number of carbonyl (C=O) groups excluding carboxylic acids is 1. The number of alkyl halides is 3. The van der Waals surface area contributed by atoms with E-state index in [1.807, 2.05) is 4.90 Å². The maximum atomic E-state index is 12.8. The molecule has 0 atom stereocenters. The molecule has 0 saturated carbocycles. The van der Waals surface area contributed by atoms with Gasteiger partial charge in [0.05, 0.1) is 16.9 Å². The van der Waals surface area contributed by atoms with E-state index in [-0.39, 0.29) is 11.6 Å². The minimum Gasteiger partial charge on any atom is -0.370 e. The van der Waals surface area contributed by atoms with Crippen LogP contribution in [0, 0.1) is 5.92 Å². The zero-order chi connectivity index (χ0) is 15.6. The van der Waals surface area contributed by atoms with Gasteiger partial charge >= 0.3 is 6.18 Å². The molecule has 0 radical (unpaired) electrons. The fourth-order valence-electron chi connectivity index (χ4n) is 2.53. The van der Waals surface area contributed by atoms with Gasteiger partial charge in [0.1, 0.15) is 0 Å². The van der Waals surface area contributed by atoms with Crippen molar-refractivity contribution in [1.29, 1.82) is 0 Å². The SMILES string of the molecule is CC(=O)Nc1cc(C(F)(F)F)ccc1N1CCC(C)CC1. The fourth-order valence-corrected chi connectivity index (χ4v) is 2.53. The van der Waals surface area contributed by atoms with Crippen LogP contribution in [0.2, 0.25) is 0 Å². The number of hydrogen-bond acceptors (Lipinski definition) is 2. The molecule has 1 aromatic rings. The van der Waals surface area contributed by atoms with Crippen LogP contribution in [0.1, 0.15) is 32.3 Å². The first kappa shape index (κ1) is 15.7. The molecular weight excluding hydrogens is 281 g/mol. The molecule has 21 heavy (non-hydrogen) atoms. The van der Waals surface area contributed by atoms with E-state index in [0.717, 1.165) is 38.1 Å². The van der Waals surface area contributed by atoms with Crippen LogP contribution in [0.3, 0.4) is 0 Å². The molecule has 1 amide bonds. The Morgan fingerprint density at radius 2 is 1.90 bits per heavy atom. The van der Waals surface area contributed by atoms with Crippen molar-refractivity contribution in [1.82, 2.24) is 0 Å². The number of amides is 1. The lowest BCUT2D eigenvalue weighted by Crippen LogP contribution is -2.33. The molecule has 1 aliphatic rings. The van der Waals surface area contributed by atoms with E-state index in [2.05, 4.69) is 12.2 Å². The van der Waals surface area contributed by atoms with Crippen LogP contribution in [0.4, 0.5) is 24.5 Å². The highest BCUT2D eigenvalue weighted by Gasteiger charge is 2.31. The molecule has 1 saturated heterocycles. The van der Waals surface area contributed by atoms with Crippen molar-refractivity contribution in [3.8, 4) is 0 Å². The number of piperidine rings is 1. The Balaban J connectivity index is 2.33. The summed E-state index contributed by atoms with van der Waals surface area (Å²) in [4.78, 5) is 13.3. The van der Waals surface area contributed by atoms with E-state index in [1.54, 1.807) is 0 Å². The maximum absolute atomic E-state index is 12.8. The Bertz CT molecular complexity index is 520. The van der Waals surface area contributed by atoms with Crippen molar-refractivity contribution >= 4 is 17.3 Å². The lowest BCUT2D eigenvalue weighted by molar-refractivity contribution is -0.137. The molecule has 0 spiro atoms. The zero-order valence-corrected chi connectivity index (χ0v) is 12.1. The van der Waals surface area contributed by atoms with Crippen LogP contribution >= 0.6 is 0 Å². The molecule has 3 nitrogen and oxygen atoms in total. The van der Waals surface area contributed by atoms with E-state index in [9.17, 15) is 18.0 Å². The Hall–Kier alpha value is -1.72. The highest BCUT2D eigenvalue weighted by Crippen LogP contribution is 2.36. The molecule has 6 heteroatoms. The van der Waals surface area contributed by atoms with E-state index in [0.29, 0.717) is 11.6 Å². The first-order valence-electron chi connectivity index (χ1n) is 7.01. The first-order valence-corrected chi connectivity index (χ1v) is 7.01. The lowest BCUT2D eigenvalue weighted by atomic mass is 9.98. The van der Waals surface area contributed by atoms with Gasteiger partial charge in [0.15, 0.2) is 0 Å². The monoisotopic (exact) mass is 300 g/mol. The van der Waals surface area contributed by atoms with Gasteiger partial charge in [0, 0.05) is 20.0 Å². The normalized spacial score (nSPS) is 16.9. The van der Waals surface area contributed by atoms with E-state index < -0.39 is 11.7 Å². The summed E-state index contributed by atoms with van der Waals surface area (Å²) in [7, 11) is 0. The van der Waals surface area contributed by atoms with Crippen LogP contribution in [0.15, 0.2) is 18.2 Å². The van der Waals surface area contributed by atoms with Gasteiger partial charge in [-0.3, -0.25) is 4.79 Å². The van der Waals surface area contributed by atoms with Crippen LogP contribution < -0.4 is 10.2 Å². The molecule has 0 aliphatic carbocycles. The van der Waals surface area contributed by atoms with Gasteiger partial charge in [-0.25, -0.2) is 0 Å². The second-order valence-corrected chi connectivity index (χ2v) is 5.58. The van der Waals surface area contributed by atoms with E-state index in [4.69, 9.17) is 0 Å². The summed E-state index contributed by atoms with van der Waals surface area (Å²) < 4.78 is 38.4. The summed E-state index contributed by atoms with van der Waals surface area (Å²) in [5.41, 5.74) is 0.136. The average molecular weight is 300 g/mol. The predicted octanol–water partition coefficient (Wildman–Crippen LogP) is 3.90. The number of halogens is 3. The summed E-state index contributed by atoms with van der Waals surface area (Å²) in [6.07, 6.45) is -2.41. The van der Waals surface area contributed by atoms with Crippen LogP contribution in [0.5, 0.6) is 0 Å². The van der Waals surface area contributed by atoms with Gasteiger partial charge in [-0.2, -0.15) is 13.2 Å². The van der Waals surface area contributed by atoms with Gasteiger partial charge in [-0.05, 0) is 37.0 Å². The number of rotatable bonds is 2. The maximum Gasteiger partial charge on any atom is 0.416 e. The summed E-state index contributed by atoms with van der Waals surface area (Å²) in [5.74, 6) is 0.251. The van der Waals surface area contributed by atoms with Crippen molar-refractivity contribution < 1.29 is 18.0 Å². The van der Waals surface area contributed by atoms with Crippen molar-refractivity contribution in [3.05, 3.63) is 23.8 Å². The van der Waals surface area contributed by atoms with Gasteiger partial charge < -0.3 is 10.2 Å². The molecule has 0 aromatic heterocycles. The molecule has 1 heterocycles. The molecular formula is C15H19F3N2O. The first-order chi connectivity index (χ1) is 9.77. The lowest BCUT2D eigenvalue weighted by Gasteiger charge is -2.33. The summed E-state index contributed by atoms with van der Waals surface area (Å²) in [5, 5.41) is 2.51. The topological polar surface area (TPSA) is 32.3 Å². The van der Waals surface area contributed by atoms with E-state index >= 15 is 0 Å². The number of benzene rings is 1. The van der Waals surface area contributed by atoms with Crippen molar-refractivity contribution in [2.75, 3.05) is 23.3 Å². The minimum absolute atomic E-state index is 0.229. The number of nitrogens with one attached hydrogen (secondary N) is 1. The summed E-state index contributed by atoms with van der Waals surface area (Å²) in [6, 6.07) is 3.53. The molecule has 0 bridgehead atoms. The van der Waals surface area contributed by atoms with E-state index in [1.165, 1.54) is 13.0 Å². The Morgan fingerprint density at radius 3 is 2.43 bits per heavy atom. The third kappa shape index (κ3) is 3.89. The predicted molar refractivity (Wildman–Crippen MR) is 76.4 cm³/mol. The highest BCUT2D eigenvalue weighted by molar-refractivity contribution is 5.93. The second-order valence-electron chi connectivity index (χ2n) is 5.58. The largest absolute Gasteiger partial charge is 0.416 e. The van der Waals surface area contributed by atoms with Crippen LogP contribution in [-0.2, 0) is 11.0 Å². The number of hydrogen-bond donors (Lipinski definition) is 1. The Kier molecular flexibility index (Phi) is 4.44. The minimum atomic E-state index is -4.41. The van der Waals surface area contributed by atoms with Gasteiger partial charge in [0.2, 0.25) is 5.91 Å². The molecule has 1 fully saturated rings. The summed E-state index contributed by atoms with van der Waals surface area (Å²) in [6.45, 7) is 5.04. The second kappa shape index (κ2) is 5.95. The quantitative estimate of drug-likeness (QED) is 0.898. The Morgan fingerprint density at radius 1 is 1.29 bits per heavy atom. The standard InChI is InChI=1S/C15H19F3N2O/c1-10-5-7-20(8-6-10)14-4-3-12(15(16,17)18)9-13(14)19-11(2)21/h3-4,9-10H,5-8H2,1-2H3,(H,19,21). The molecule has 116 valence electrons. The summed E-state index contributed by atoms with van der Waals surface area (Å²) >= 11 is 0. The third-order valence-corrected chi connectivity index (χ3v) is 3.76. The molecule has 0 unspecified atom stereocenters. The van der Waals surface area contributed by atoms with Crippen molar-refractivity contribution in [2.45, 2.75) is 32.9 Å². The smallest absolute Gasteiger partial charge is 0.370 e. The third-order valence-electron chi connectivity index (χ3n) is 3.76. The molecule has 1 aliphatic heterocycles. The highest BCUT2D eigenvalue weighted by atomic mass is 19.4. The molecule has 1 N–H and O–H groups in total. The molecule has 2 rings (SSSR count). The number of nitrogens with zero attached hydrogens (tertiary/aromatic N) is 1. The average Bonchev–Trinajstić information content (AvgIpc) is 2.38.